The zero-order valence-electron chi connectivity index (χ0n) is 6.12. The van der Waals surface area contributed by atoms with Crippen LogP contribution in [-0.2, 0) is 6.42 Å². The van der Waals surface area contributed by atoms with Crippen LogP contribution in [0.5, 0.6) is 0 Å². The lowest BCUT2D eigenvalue weighted by Gasteiger charge is -1.98. The summed E-state index contributed by atoms with van der Waals surface area (Å²) in [6, 6.07) is 5.62. The van der Waals surface area contributed by atoms with Gasteiger partial charge in [-0.25, -0.2) is 0 Å². The van der Waals surface area contributed by atoms with Crippen LogP contribution in [0.2, 0.25) is 0 Å². The highest BCUT2D eigenvalue weighted by Crippen LogP contribution is 2.08. The van der Waals surface area contributed by atoms with Gasteiger partial charge in [-0.1, -0.05) is 0 Å². The van der Waals surface area contributed by atoms with Gasteiger partial charge in [0.15, 0.2) is 0 Å². The van der Waals surface area contributed by atoms with E-state index in [1.165, 1.54) is 0 Å². The van der Waals surface area contributed by atoms with E-state index in [1.54, 1.807) is 18.3 Å². The van der Waals surface area contributed by atoms with Gasteiger partial charge in [-0.05, 0) is 12.1 Å². The largest absolute Gasteiger partial charge is 0.397 e. The molecule has 0 spiro atoms. The summed E-state index contributed by atoms with van der Waals surface area (Å²) in [5.41, 5.74) is 7.07. The summed E-state index contributed by atoms with van der Waals surface area (Å²) in [4.78, 5) is 4.04. The molecule has 0 aromatic carbocycles. The second-order valence-corrected chi connectivity index (χ2v) is 2.20. The van der Waals surface area contributed by atoms with E-state index in [9.17, 15) is 0 Å². The number of hydrogen-bond acceptors (Lipinski definition) is 3. The van der Waals surface area contributed by atoms with E-state index in [-0.39, 0.29) is 0 Å². The fourth-order valence-electron chi connectivity index (χ4n) is 0.834. The topological polar surface area (TPSA) is 62.7 Å². The molecule has 1 aromatic rings. The highest BCUT2D eigenvalue weighted by Gasteiger charge is 1.96. The molecule has 0 radical (unpaired) electrons. The molecule has 0 unspecified atom stereocenters. The fraction of sp³-hybridized carbons (Fsp3) is 0.250. The molecule has 0 aliphatic rings. The summed E-state index contributed by atoms with van der Waals surface area (Å²) in [6.07, 6.45) is 2.80. The van der Waals surface area contributed by atoms with Gasteiger partial charge in [0.2, 0.25) is 0 Å². The number of aryl methyl sites for hydroxylation is 1. The molecule has 1 aromatic heterocycles. The third kappa shape index (κ3) is 1.94. The number of anilines is 1. The smallest absolute Gasteiger partial charge is 0.0642 e. The van der Waals surface area contributed by atoms with Gasteiger partial charge in [0.05, 0.1) is 17.5 Å². The molecule has 0 bridgehead atoms. The molecule has 0 saturated heterocycles. The SMILES string of the molecule is N#CCCc1ncccc1N. The molecule has 0 amide bonds. The normalized spacial score (nSPS) is 9.00. The van der Waals surface area contributed by atoms with Crippen LogP contribution in [0.15, 0.2) is 18.3 Å². The van der Waals surface area contributed by atoms with Crippen LogP contribution in [0.4, 0.5) is 5.69 Å². The average molecular weight is 147 g/mol. The van der Waals surface area contributed by atoms with E-state index < -0.39 is 0 Å². The fourth-order valence-corrected chi connectivity index (χ4v) is 0.834. The number of nitrogens with two attached hydrogens (primary N) is 1. The van der Waals surface area contributed by atoms with E-state index in [0.29, 0.717) is 18.5 Å². The van der Waals surface area contributed by atoms with Crippen molar-refractivity contribution in [3.63, 3.8) is 0 Å². The first-order valence-electron chi connectivity index (χ1n) is 3.41. The number of pyridine rings is 1. The van der Waals surface area contributed by atoms with Crippen LogP contribution in [-0.4, -0.2) is 4.98 Å². The monoisotopic (exact) mass is 147 g/mol. The Labute approximate surface area is 65.5 Å². The summed E-state index contributed by atoms with van der Waals surface area (Å²) in [7, 11) is 0. The Balaban J connectivity index is 2.71. The highest BCUT2D eigenvalue weighted by molar-refractivity contribution is 5.41. The quantitative estimate of drug-likeness (QED) is 0.681. The van der Waals surface area contributed by atoms with Crippen LogP contribution >= 0.6 is 0 Å². The van der Waals surface area contributed by atoms with E-state index >= 15 is 0 Å². The van der Waals surface area contributed by atoms with Gasteiger partial charge in [0.25, 0.3) is 0 Å². The van der Waals surface area contributed by atoms with Gasteiger partial charge in [0, 0.05) is 19.0 Å². The maximum atomic E-state index is 8.30. The van der Waals surface area contributed by atoms with Crippen LogP contribution in [0, 0.1) is 11.3 Å². The molecular weight excluding hydrogens is 138 g/mol. The van der Waals surface area contributed by atoms with Crippen LogP contribution in [0.3, 0.4) is 0 Å². The van der Waals surface area contributed by atoms with Gasteiger partial charge in [-0.2, -0.15) is 5.26 Å². The number of nitriles is 1. The molecular formula is C8H9N3. The van der Waals surface area contributed by atoms with E-state index in [0.717, 1.165) is 5.69 Å². The summed E-state index contributed by atoms with van der Waals surface area (Å²) < 4.78 is 0. The lowest BCUT2D eigenvalue weighted by Crippen LogP contribution is -1.96. The van der Waals surface area contributed by atoms with Crippen molar-refractivity contribution in [1.29, 1.82) is 5.26 Å². The third-order valence-electron chi connectivity index (χ3n) is 1.40. The molecule has 0 saturated carbocycles. The van der Waals surface area contributed by atoms with Crippen molar-refractivity contribution in [3.8, 4) is 6.07 Å². The third-order valence-corrected chi connectivity index (χ3v) is 1.40. The van der Waals surface area contributed by atoms with Crippen molar-refractivity contribution in [2.75, 3.05) is 5.73 Å². The second kappa shape index (κ2) is 3.57. The summed E-state index contributed by atoms with van der Waals surface area (Å²) in [6.45, 7) is 0. The van der Waals surface area contributed by atoms with Gasteiger partial charge >= 0.3 is 0 Å². The number of nitrogens with zero attached hydrogens (tertiary/aromatic N) is 2. The van der Waals surface area contributed by atoms with Gasteiger partial charge < -0.3 is 5.73 Å². The van der Waals surface area contributed by atoms with Crippen molar-refractivity contribution in [2.24, 2.45) is 0 Å². The standard InChI is InChI=1S/C8H9N3/c9-5-1-4-8-7(10)3-2-6-11-8/h2-3,6H,1,4,10H2. The van der Waals surface area contributed by atoms with E-state index in [4.69, 9.17) is 11.0 Å². The maximum Gasteiger partial charge on any atom is 0.0642 e. The van der Waals surface area contributed by atoms with Crippen molar-refractivity contribution >= 4 is 5.69 Å². The van der Waals surface area contributed by atoms with Gasteiger partial charge in [0.1, 0.15) is 0 Å². The zero-order chi connectivity index (χ0) is 8.10. The molecule has 0 fully saturated rings. The molecule has 3 heteroatoms. The number of hydrogen-bond donors (Lipinski definition) is 1. The Kier molecular flexibility index (Phi) is 2.45. The Morgan fingerprint density at radius 3 is 3.09 bits per heavy atom. The molecule has 1 rings (SSSR count). The average Bonchev–Trinajstić information content (AvgIpc) is 2.03. The lowest BCUT2D eigenvalue weighted by atomic mass is 10.2. The predicted octanol–water partition coefficient (Wildman–Crippen LogP) is 1.12. The van der Waals surface area contributed by atoms with Crippen LogP contribution in [0.25, 0.3) is 0 Å². The van der Waals surface area contributed by atoms with Gasteiger partial charge in [-0.15, -0.1) is 0 Å². The minimum Gasteiger partial charge on any atom is -0.397 e. The van der Waals surface area contributed by atoms with Crippen LogP contribution < -0.4 is 5.73 Å². The summed E-state index contributed by atoms with van der Waals surface area (Å²) in [5.74, 6) is 0. The minimum absolute atomic E-state index is 0.473. The molecule has 3 nitrogen and oxygen atoms in total. The molecule has 0 aliphatic carbocycles. The molecule has 0 atom stereocenters. The number of nitrogen functional groups attached to an aromatic ring is 1. The van der Waals surface area contributed by atoms with Crippen molar-refractivity contribution in [2.45, 2.75) is 12.8 Å². The van der Waals surface area contributed by atoms with Crippen molar-refractivity contribution < 1.29 is 0 Å². The van der Waals surface area contributed by atoms with E-state index in [2.05, 4.69) is 4.98 Å². The minimum atomic E-state index is 0.473. The van der Waals surface area contributed by atoms with Crippen LogP contribution in [0.1, 0.15) is 12.1 Å². The van der Waals surface area contributed by atoms with E-state index in [1.807, 2.05) is 6.07 Å². The molecule has 11 heavy (non-hydrogen) atoms. The first-order chi connectivity index (χ1) is 5.34. The molecule has 1 heterocycles. The Morgan fingerprint density at radius 1 is 1.64 bits per heavy atom. The predicted molar refractivity (Wildman–Crippen MR) is 42.6 cm³/mol. The first-order valence-corrected chi connectivity index (χ1v) is 3.41. The molecule has 0 aliphatic heterocycles. The lowest BCUT2D eigenvalue weighted by molar-refractivity contribution is 0.956. The summed E-state index contributed by atoms with van der Waals surface area (Å²) in [5, 5.41) is 8.30. The Bertz CT molecular complexity index is 275. The number of rotatable bonds is 2. The maximum absolute atomic E-state index is 8.30. The van der Waals surface area contributed by atoms with Crippen molar-refractivity contribution in [1.82, 2.24) is 4.98 Å². The molecule has 56 valence electrons. The summed E-state index contributed by atoms with van der Waals surface area (Å²) >= 11 is 0. The molecule has 2 N–H and O–H groups in total. The first kappa shape index (κ1) is 7.55. The van der Waals surface area contributed by atoms with Gasteiger partial charge in [-0.3, -0.25) is 4.98 Å². The number of aromatic nitrogens is 1. The van der Waals surface area contributed by atoms with Crippen molar-refractivity contribution in [3.05, 3.63) is 24.0 Å². The second-order valence-electron chi connectivity index (χ2n) is 2.20. The Hall–Kier alpha value is -1.56. The highest BCUT2D eigenvalue weighted by atomic mass is 14.7. The Morgan fingerprint density at radius 2 is 2.45 bits per heavy atom. The zero-order valence-corrected chi connectivity index (χ0v) is 6.12.